The predicted molar refractivity (Wildman–Crippen MR) is 88.5 cm³/mol. The van der Waals surface area contributed by atoms with Crippen LogP contribution in [0.25, 0.3) is 0 Å². The standard InChI is InChI=1S/C17H25NO3S/c1-12-7-17(21-11-12)16-10-18-15(8-13(16)2)9-14-3-5-22(19,20)6-4-14/h3,7-8,15-18H,4-6,9-11H2,1-2H3. The Labute approximate surface area is 133 Å². The monoisotopic (exact) mass is 323 g/mol. The minimum Gasteiger partial charge on any atom is -0.369 e. The van der Waals surface area contributed by atoms with Gasteiger partial charge in [-0.05, 0) is 32.3 Å². The summed E-state index contributed by atoms with van der Waals surface area (Å²) in [5, 5.41) is 3.58. The fourth-order valence-corrected chi connectivity index (χ4v) is 4.70. The van der Waals surface area contributed by atoms with Crippen LogP contribution in [0.3, 0.4) is 0 Å². The Balaban J connectivity index is 1.62. The molecule has 0 amide bonds. The summed E-state index contributed by atoms with van der Waals surface area (Å²) in [6.07, 6.45) is 8.23. The number of ether oxygens (including phenoxy) is 1. The molecule has 5 heteroatoms. The van der Waals surface area contributed by atoms with Crippen molar-refractivity contribution < 1.29 is 13.2 Å². The molecule has 0 saturated heterocycles. The van der Waals surface area contributed by atoms with E-state index >= 15 is 0 Å². The van der Waals surface area contributed by atoms with Gasteiger partial charge in [0, 0.05) is 18.5 Å². The van der Waals surface area contributed by atoms with Crippen molar-refractivity contribution in [3.63, 3.8) is 0 Å². The Morgan fingerprint density at radius 1 is 1.32 bits per heavy atom. The number of hydrogen-bond donors (Lipinski definition) is 1. The molecule has 4 nitrogen and oxygen atoms in total. The van der Waals surface area contributed by atoms with Crippen LogP contribution in [0.15, 0.2) is 34.9 Å². The highest BCUT2D eigenvalue weighted by Gasteiger charge is 2.29. The van der Waals surface area contributed by atoms with Crippen LogP contribution in [0.2, 0.25) is 0 Å². The Morgan fingerprint density at radius 3 is 2.73 bits per heavy atom. The third kappa shape index (κ3) is 3.70. The second-order valence-electron chi connectivity index (χ2n) is 6.75. The maximum absolute atomic E-state index is 11.5. The van der Waals surface area contributed by atoms with Crippen LogP contribution >= 0.6 is 0 Å². The van der Waals surface area contributed by atoms with E-state index in [1.54, 1.807) is 0 Å². The lowest BCUT2D eigenvalue weighted by atomic mass is 9.87. The average molecular weight is 323 g/mol. The maximum Gasteiger partial charge on any atom is 0.154 e. The molecule has 0 aromatic carbocycles. The normalized spacial score (nSPS) is 34.8. The second-order valence-corrected chi connectivity index (χ2v) is 8.98. The molecule has 3 aliphatic heterocycles. The van der Waals surface area contributed by atoms with Crippen LogP contribution in [0, 0.1) is 5.92 Å². The molecule has 3 aliphatic rings. The maximum atomic E-state index is 11.5. The summed E-state index contributed by atoms with van der Waals surface area (Å²) in [5.41, 5.74) is 3.96. The largest absolute Gasteiger partial charge is 0.369 e. The number of sulfone groups is 1. The van der Waals surface area contributed by atoms with Crippen LogP contribution in [-0.4, -0.2) is 45.2 Å². The molecular formula is C17H25NO3S. The molecule has 22 heavy (non-hydrogen) atoms. The van der Waals surface area contributed by atoms with Gasteiger partial charge in [-0.3, -0.25) is 0 Å². The predicted octanol–water partition coefficient (Wildman–Crippen LogP) is 2.00. The molecule has 3 atom stereocenters. The first-order valence-corrected chi connectivity index (χ1v) is 9.84. The van der Waals surface area contributed by atoms with Crippen molar-refractivity contribution in [2.75, 3.05) is 24.7 Å². The minimum absolute atomic E-state index is 0.198. The van der Waals surface area contributed by atoms with E-state index in [4.69, 9.17) is 4.74 Å². The van der Waals surface area contributed by atoms with Gasteiger partial charge in [0.05, 0.1) is 24.2 Å². The summed E-state index contributed by atoms with van der Waals surface area (Å²) in [6.45, 7) is 5.97. The van der Waals surface area contributed by atoms with Crippen LogP contribution in [0.4, 0.5) is 0 Å². The lowest BCUT2D eigenvalue weighted by molar-refractivity contribution is 0.0876. The van der Waals surface area contributed by atoms with Crippen molar-refractivity contribution in [3.8, 4) is 0 Å². The lowest BCUT2D eigenvalue weighted by Crippen LogP contribution is -2.41. The molecule has 0 radical (unpaired) electrons. The summed E-state index contributed by atoms with van der Waals surface area (Å²) in [5.74, 6) is 0.923. The van der Waals surface area contributed by atoms with Gasteiger partial charge >= 0.3 is 0 Å². The SMILES string of the molecule is CC1=CC(C2CNC(CC3=CCS(=O)(=O)CC3)C=C2C)OC1. The van der Waals surface area contributed by atoms with Gasteiger partial charge in [-0.25, -0.2) is 8.42 Å². The highest BCUT2D eigenvalue weighted by Crippen LogP contribution is 2.28. The molecule has 3 unspecified atom stereocenters. The molecular weight excluding hydrogens is 298 g/mol. The van der Waals surface area contributed by atoms with Gasteiger partial charge in [-0.1, -0.05) is 29.4 Å². The van der Waals surface area contributed by atoms with E-state index in [2.05, 4.69) is 31.3 Å². The average Bonchev–Trinajstić information content (AvgIpc) is 2.88. The summed E-state index contributed by atoms with van der Waals surface area (Å²) >= 11 is 0. The van der Waals surface area contributed by atoms with Crippen LogP contribution in [0.5, 0.6) is 0 Å². The number of hydrogen-bond acceptors (Lipinski definition) is 4. The fourth-order valence-electron chi connectivity index (χ4n) is 3.47. The highest BCUT2D eigenvalue weighted by molar-refractivity contribution is 7.91. The van der Waals surface area contributed by atoms with Crippen molar-refractivity contribution >= 4 is 9.84 Å². The lowest BCUT2D eigenvalue weighted by Gasteiger charge is -2.32. The van der Waals surface area contributed by atoms with Gasteiger partial charge in [-0.2, -0.15) is 0 Å². The van der Waals surface area contributed by atoms with Gasteiger partial charge in [0.25, 0.3) is 0 Å². The molecule has 122 valence electrons. The molecule has 0 saturated carbocycles. The summed E-state index contributed by atoms with van der Waals surface area (Å²) in [6, 6.07) is 0.315. The summed E-state index contributed by atoms with van der Waals surface area (Å²) in [4.78, 5) is 0. The highest BCUT2D eigenvalue weighted by atomic mass is 32.2. The molecule has 0 fully saturated rings. The van der Waals surface area contributed by atoms with Crippen molar-refractivity contribution in [2.45, 2.75) is 38.8 Å². The third-order valence-electron chi connectivity index (χ3n) is 4.84. The van der Waals surface area contributed by atoms with Crippen molar-refractivity contribution in [2.24, 2.45) is 5.92 Å². The zero-order chi connectivity index (χ0) is 15.7. The van der Waals surface area contributed by atoms with E-state index in [9.17, 15) is 8.42 Å². The van der Waals surface area contributed by atoms with Gasteiger partial charge in [-0.15, -0.1) is 0 Å². The van der Waals surface area contributed by atoms with Gasteiger partial charge in [0.15, 0.2) is 9.84 Å². The summed E-state index contributed by atoms with van der Waals surface area (Å²) < 4.78 is 28.8. The van der Waals surface area contributed by atoms with Crippen molar-refractivity contribution in [1.29, 1.82) is 0 Å². The Kier molecular flexibility index (Phi) is 4.57. The Morgan fingerprint density at radius 2 is 2.14 bits per heavy atom. The van der Waals surface area contributed by atoms with Crippen LogP contribution < -0.4 is 5.32 Å². The van der Waals surface area contributed by atoms with Gasteiger partial charge < -0.3 is 10.1 Å². The van der Waals surface area contributed by atoms with E-state index in [0.717, 1.165) is 19.6 Å². The quantitative estimate of drug-likeness (QED) is 0.807. The molecule has 0 spiro atoms. The third-order valence-corrected chi connectivity index (χ3v) is 6.34. The minimum atomic E-state index is -2.83. The van der Waals surface area contributed by atoms with Gasteiger partial charge in [0.2, 0.25) is 0 Å². The van der Waals surface area contributed by atoms with Gasteiger partial charge in [0.1, 0.15) is 0 Å². The van der Waals surface area contributed by atoms with E-state index in [1.807, 2.05) is 6.08 Å². The first kappa shape index (κ1) is 16.0. The first-order chi connectivity index (χ1) is 10.4. The van der Waals surface area contributed by atoms with Crippen LogP contribution in [0.1, 0.15) is 26.7 Å². The molecule has 3 heterocycles. The smallest absolute Gasteiger partial charge is 0.154 e. The Hall–Kier alpha value is -0.910. The second kappa shape index (κ2) is 6.30. The van der Waals surface area contributed by atoms with Crippen LogP contribution in [-0.2, 0) is 14.6 Å². The molecule has 0 aromatic heterocycles. The molecule has 0 aromatic rings. The molecule has 3 rings (SSSR count). The summed E-state index contributed by atoms with van der Waals surface area (Å²) in [7, 11) is -2.83. The van der Waals surface area contributed by atoms with E-state index in [-0.39, 0.29) is 11.9 Å². The Bertz CT molecular complexity index is 630. The van der Waals surface area contributed by atoms with Crippen molar-refractivity contribution in [1.82, 2.24) is 5.32 Å². The zero-order valence-electron chi connectivity index (χ0n) is 13.3. The van der Waals surface area contributed by atoms with E-state index in [1.165, 1.54) is 16.7 Å². The first-order valence-electron chi connectivity index (χ1n) is 8.02. The molecule has 0 bridgehead atoms. The van der Waals surface area contributed by atoms with E-state index < -0.39 is 9.84 Å². The molecule has 0 aliphatic carbocycles. The zero-order valence-corrected chi connectivity index (χ0v) is 14.2. The molecule has 1 N–H and O–H groups in total. The van der Waals surface area contributed by atoms with E-state index in [0.29, 0.717) is 24.1 Å². The number of nitrogens with one attached hydrogen (secondary N) is 1. The number of rotatable bonds is 3. The van der Waals surface area contributed by atoms with Crippen molar-refractivity contribution in [3.05, 3.63) is 34.9 Å². The fraction of sp³-hybridized carbons (Fsp3) is 0.647. The topological polar surface area (TPSA) is 55.4 Å².